The van der Waals surface area contributed by atoms with E-state index in [1.165, 1.54) is 31.6 Å². The minimum Gasteiger partial charge on any atom is -0.496 e. The molecular weight excluding hydrogens is 352 g/mol. The molecule has 0 fully saturated rings. The summed E-state index contributed by atoms with van der Waals surface area (Å²) in [5, 5.41) is 0.335. The van der Waals surface area contributed by atoms with Crippen molar-refractivity contribution in [2.45, 2.75) is 6.92 Å². The molecular formula is C16H15ClN2O6. The van der Waals surface area contributed by atoms with Crippen LogP contribution in [0.25, 0.3) is 0 Å². The molecule has 0 saturated heterocycles. The van der Waals surface area contributed by atoms with E-state index in [1.807, 2.05) is 0 Å². The van der Waals surface area contributed by atoms with Gasteiger partial charge in [0.1, 0.15) is 17.1 Å². The molecule has 2 N–H and O–H groups in total. The zero-order valence-electron chi connectivity index (χ0n) is 13.4. The highest BCUT2D eigenvalue weighted by Gasteiger charge is 2.16. The van der Waals surface area contributed by atoms with Crippen molar-refractivity contribution in [2.24, 2.45) is 0 Å². The predicted molar refractivity (Wildman–Crippen MR) is 87.3 cm³/mol. The first-order chi connectivity index (χ1) is 11.9. The maximum Gasteiger partial charge on any atom is 0.342 e. The predicted octanol–water partition coefficient (Wildman–Crippen LogP) is 1.87. The summed E-state index contributed by atoms with van der Waals surface area (Å²) in [7, 11) is 1.40. The van der Waals surface area contributed by atoms with Crippen molar-refractivity contribution in [1.82, 2.24) is 10.9 Å². The number of hydrazine groups is 1. The van der Waals surface area contributed by atoms with Crippen LogP contribution in [0.2, 0.25) is 5.02 Å². The first kappa shape index (κ1) is 18.3. The number of aryl methyl sites for hydroxylation is 1. The van der Waals surface area contributed by atoms with Gasteiger partial charge in [-0.25, -0.2) is 4.79 Å². The van der Waals surface area contributed by atoms with Gasteiger partial charge < -0.3 is 13.9 Å². The summed E-state index contributed by atoms with van der Waals surface area (Å²) >= 11 is 5.84. The molecule has 0 atom stereocenters. The Morgan fingerprint density at radius 1 is 1.16 bits per heavy atom. The molecule has 1 aromatic heterocycles. The maximum atomic E-state index is 12.1. The summed E-state index contributed by atoms with van der Waals surface area (Å²) in [5.74, 6) is -1.39. The van der Waals surface area contributed by atoms with Crippen molar-refractivity contribution in [3.8, 4) is 5.75 Å². The second kappa shape index (κ2) is 8.20. The quantitative estimate of drug-likeness (QED) is 0.618. The summed E-state index contributed by atoms with van der Waals surface area (Å²) in [5.41, 5.74) is 4.68. The summed E-state index contributed by atoms with van der Waals surface area (Å²) in [6, 6.07) is 5.91. The Bertz CT molecular complexity index is 802. The lowest BCUT2D eigenvalue weighted by molar-refractivity contribution is -0.125. The number of nitrogens with one attached hydrogen (secondary N) is 2. The van der Waals surface area contributed by atoms with Gasteiger partial charge in [-0.15, -0.1) is 0 Å². The Morgan fingerprint density at radius 3 is 2.56 bits per heavy atom. The van der Waals surface area contributed by atoms with E-state index >= 15 is 0 Å². The van der Waals surface area contributed by atoms with Crippen molar-refractivity contribution in [3.63, 3.8) is 0 Å². The van der Waals surface area contributed by atoms with Gasteiger partial charge in [-0.2, -0.15) is 0 Å². The molecule has 8 nitrogen and oxygen atoms in total. The van der Waals surface area contributed by atoms with E-state index in [4.69, 9.17) is 25.5 Å². The largest absolute Gasteiger partial charge is 0.496 e. The van der Waals surface area contributed by atoms with E-state index in [0.29, 0.717) is 10.8 Å². The van der Waals surface area contributed by atoms with E-state index in [1.54, 1.807) is 13.0 Å². The lowest BCUT2D eigenvalue weighted by atomic mass is 10.2. The van der Waals surface area contributed by atoms with Gasteiger partial charge in [0, 0.05) is 5.02 Å². The van der Waals surface area contributed by atoms with Crippen LogP contribution in [0.15, 0.2) is 34.9 Å². The number of carbonyl (C=O) groups is 3. The number of furan rings is 1. The van der Waals surface area contributed by atoms with E-state index in [-0.39, 0.29) is 16.9 Å². The van der Waals surface area contributed by atoms with E-state index < -0.39 is 24.4 Å². The van der Waals surface area contributed by atoms with Gasteiger partial charge in [0.2, 0.25) is 0 Å². The first-order valence-electron chi connectivity index (χ1n) is 7.06. The minimum absolute atomic E-state index is 0.140. The summed E-state index contributed by atoms with van der Waals surface area (Å²) in [6.45, 7) is 1.02. The molecule has 1 heterocycles. The summed E-state index contributed by atoms with van der Waals surface area (Å²) < 4.78 is 14.8. The zero-order chi connectivity index (χ0) is 18.4. The Morgan fingerprint density at radius 2 is 1.92 bits per heavy atom. The standard InChI is InChI=1S/C16H15ClN2O6/c1-9-11(5-6-24-9)16(22)25-8-14(20)18-19-15(21)12-7-10(17)3-4-13(12)23-2/h3-7H,8H2,1-2H3,(H,18,20)(H,19,21). The molecule has 9 heteroatoms. The molecule has 0 saturated carbocycles. The monoisotopic (exact) mass is 366 g/mol. The first-order valence-corrected chi connectivity index (χ1v) is 7.44. The van der Waals surface area contributed by atoms with Crippen LogP contribution >= 0.6 is 11.6 Å². The lowest BCUT2D eigenvalue weighted by Gasteiger charge is -2.10. The summed E-state index contributed by atoms with van der Waals surface area (Å²) in [6.07, 6.45) is 1.34. The average molecular weight is 367 g/mol. The van der Waals surface area contributed by atoms with Gasteiger partial charge in [-0.1, -0.05) is 11.6 Å². The molecule has 1 aromatic carbocycles. The highest BCUT2D eigenvalue weighted by Crippen LogP contribution is 2.22. The number of rotatable bonds is 5. The third-order valence-electron chi connectivity index (χ3n) is 3.13. The van der Waals surface area contributed by atoms with Gasteiger partial charge in [-0.05, 0) is 31.2 Å². The van der Waals surface area contributed by atoms with Gasteiger partial charge in [0.15, 0.2) is 6.61 Å². The molecule has 25 heavy (non-hydrogen) atoms. The molecule has 0 aliphatic heterocycles. The smallest absolute Gasteiger partial charge is 0.342 e. The van der Waals surface area contributed by atoms with E-state index in [9.17, 15) is 14.4 Å². The van der Waals surface area contributed by atoms with Crippen molar-refractivity contribution in [3.05, 3.63) is 52.4 Å². The minimum atomic E-state index is -0.719. The SMILES string of the molecule is COc1ccc(Cl)cc1C(=O)NNC(=O)COC(=O)c1ccoc1C. The zero-order valence-corrected chi connectivity index (χ0v) is 14.2. The van der Waals surface area contributed by atoms with Crippen LogP contribution in [-0.4, -0.2) is 31.5 Å². The number of carbonyl (C=O) groups excluding carboxylic acids is 3. The third-order valence-corrected chi connectivity index (χ3v) is 3.37. The lowest BCUT2D eigenvalue weighted by Crippen LogP contribution is -2.43. The molecule has 0 aliphatic carbocycles. The second-order valence-electron chi connectivity index (χ2n) is 4.81. The number of hydrogen-bond acceptors (Lipinski definition) is 6. The molecule has 0 radical (unpaired) electrons. The number of esters is 1. The fourth-order valence-electron chi connectivity index (χ4n) is 1.89. The molecule has 2 amide bonds. The molecule has 0 spiro atoms. The molecule has 0 unspecified atom stereocenters. The molecule has 0 aliphatic rings. The Hall–Kier alpha value is -3.00. The molecule has 132 valence electrons. The summed E-state index contributed by atoms with van der Waals surface area (Å²) in [4.78, 5) is 35.5. The topological polar surface area (TPSA) is 107 Å². The van der Waals surface area contributed by atoms with Crippen LogP contribution in [-0.2, 0) is 9.53 Å². The fraction of sp³-hybridized carbons (Fsp3) is 0.188. The van der Waals surface area contributed by atoms with Crippen LogP contribution in [0.5, 0.6) is 5.75 Å². The molecule has 2 rings (SSSR count). The van der Waals surface area contributed by atoms with Crippen LogP contribution < -0.4 is 15.6 Å². The number of benzene rings is 1. The third kappa shape index (κ3) is 4.74. The average Bonchev–Trinajstić information content (AvgIpc) is 3.03. The van der Waals surface area contributed by atoms with Crippen molar-refractivity contribution >= 4 is 29.4 Å². The number of methoxy groups -OCH3 is 1. The van der Waals surface area contributed by atoms with Gasteiger partial charge in [0.05, 0.1) is 18.9 Å². The number of amides is 2. The van der Waals surface area contributed by atoms with Crippen LogP contribution in [0, 0.1) is 6.92 Å². The van der Waals surface area contributed by atoms with Gasteiger partial charge in [-0.3, -0.25) is 20.4 Å². The van der Waals surface area contributed by atoms with Crippen LogP contribution in [0.3, 0.4) is 0 Å². The maximum absolute atomic E-state index is 12.1. The van der Waals surface area contributed by atoms with E-state index in [2.05, 4.69) is 10.9 Å². The number of hydrogen-bond donors (Lipinski definition) is 2. The normalized spacial score (nSPS) is 10.0. The Labute approximate surface area is 148 Å². The van der Waals surface area contributed by atoms with Crippen LogP contribution in [0.1, 0.15) is 26.5 Å². The molecule has 2 aromatic rings. The number of ether oxygens (including phenoxy) is 2. The number of halogens is 1. The molecule has 0 bridgehead atoms. The van der Waals surface area contributed by atoms with Gasteiger partial charge in [0.25, 0.3) is 11.8 Å². The Balaban J connectivity index is 1.86. The highest BCUT2D eigenvalue weighted by molar-refractivity contribution is 6.31. The van der Waals surface area contributed by atoms with Gasteiger partial charge >= 0.3 is 5.97 Å². The van der Waals surface area contributed by atoms with E-state index in [0.717, 1.165) is 0 Å². The highest BCUT2D eigenvalue weighted by atomic mass is 35.5. The van der Waals surface area contributed by atoms with Crippen molar-refractivity contribution in [1.29, 1.82) is 0 Å². The Kier molecular flexibility index (Phi) is 6.02. The van der Waals surface area contributed by atoms with Crippen LogP contribution in [0.4, 0.5) is 0 Å². The van der Waals surface area contributed by atoms with Crippen molar-refractivity contribution in [2.75, 3.05) is 13.7 Å². The second-order valence-corrected chi connectivity index (χ2v) is 5.25. The fourth-order valence-corrected chi connectivity index (χ4v) is 2.07. The van der Waals surface area contributed by atoms with Crippen molar-refractivity contribution < 1.29 is 28.3 Å².